The van der Waals surface area contributed by atoms with Crippen LogP contribution in [0.25, 0.3) is 0 Å². The fraction of sp³-hybridized carbons (Fsp3) is 0.385. The normalized spacial score (nSPS) is 17.0. The van der Waals surface area contributed by atoms with Crippen LogP contribution in [0.5, 0.6) is 5.75 Å². The summed E-state index contributed by atoms with van der Waals surface area (Å²) < 4.78 is 5.45. The Balaban J connectivity index is 2.07. The van der Waals surface area contributed by atoms with Crippen molar-refractivity contribution in [3.63, 3.8) is 0 Å². The van der Waals surface area contributed by atoms with E-state index in [9.17, 15) is 9.59 Å². The van der Waals surface area contributed by atoms with E-state index in [-0.39, 0.29) is 18.4 Å². The molecule has 1 atom stereocenters. The van der Waals surface area contributed by atoms with Crippen molar-refractivity contribution < 1.29 is 14.3 Å². The SMILES string of the molecule is CC1Oc2ccc(NCC(=O)N(C)C)cc2NC1=O. The number of likely N-dealkylation sites (N-methyl/N-ethyl adjacent to an activating group) is 1. The summed E-state index contributed by atoms with van der Waals surface area (Å²) in [5.74, 6) is 0.442. The molecule has 0 saturated heterocycles. The van der Waals surface area contributed by atoms with Crippen molar-refractivity contribution in [1.82, 2.24) is 4.90 Å². The maximum atomic E-state index is 11.5. The van der Waals surface area contributed by atoms with Crippen molar-refractivity contribution in [3.05, 3.63) is 18.2 Å². The molecule has 1 aliphatic heterocycles. The molecule has 0 radical (unpaired) electrons. The van der Waals surface area contributed by atoms with E-state index >= 15 is 0 Å². The van der Waals surface area contributed by atoms with Crippen molar-refractivity contribution in [1.29, 1.82) is 0 Å². The van der Waals surface area contributed by atoms with Crippen LogP contribution < -0.4 is 15.4 Å². The molecule has 2 amide bonds. The lowest BCUT2D eigenvalue weighted by atomic mass is 10.2. The molecular weight excluding hydrogens is 246 g/mol. The Morgan fingerprint density at radius 1 is 1.47 bits per heavy atom. The molecule has 6 nitrogen and oxygen atoms in total. The first-order valence-electron chi connectivity index (χ1n) is 6.03. The lowest BCUT2D eigenvalue weighted by Gasteiger charge is -2.23. The van der Waals surface area contributed by atoms with Gasteiger partial charge in [0.05, 0.1) is 12.2 Å². The number of ether oxygens (including phenoxy) is 1. The largest absolute Gasteiger partial charge is 0.479 e. The van der Waals surface area contributed by atoms with Crippen LogP contribution in [0.4, 0.5) is 11.4 Å². The van der Waals surface area contributed by atoms with Gasteiger partial charge in [0.25, 0.3) is 5.91 Å². The van der Waals surface area contributed by atoms with Crippen LogP contribution in [0, 0.1) is 0 Å². The molecule has 0 bridgehead atoms. The van der Waals surface area contributed by atoms with E-state index in [1.54, 1.807) is 33.2 Å². The van der Waals surface area contributed by atoms with Gasteiger partial charge in [-0.1, -0.05) is 0 Å². The van der Waals surface area contributed by atoms with Crippen LogP contribution >= 0.6 is 0 Å². The highest BCUT2D eigenvalue weighted by Gasteiger charge is 2.23. The minimum absolute atomic E-state index is 0.0216. The molecule has 19 heavy (non-hydrogen) atoms. The summed E-state index contributed by atoms with van der Waals surface area (Å²) in [7, 11) is 3.40. The van der Waals surface area contributed by atoms with Gasteiger partial charge in [0.1, 0.15) is 5.75 Å². The van der Waals surface area contributed by atoms with E-state index in [1.807, 2.05) is 6.07 Å². The van der Waals surface area contributed by atoms with Crippen molar-refractivity contribution in [2.75, 3.05) is 31.3 Å². The average Bonchev–Trinajstić information content (AvgIpc) is 2.37. The second kappa shape index (κ2) is 5.17. The molecule has 102 valence electrons. The quantitative estimate of drug-likeness (QED) is 0.850. The Morgan fingerprint density at radius 3 is 2.89 bits per heavy atom. The van der Waals surface area contributed by atoms with Gasteiger partial charge >= 0.3 is 0 Å². The molecule has 0 spiro atoms. The lowest BCUT2D eigenvalue weighted by Crippen LogP contribution is -2.34. The van der Waals surface area contributed by atoms with E-state index in [4.69, 9.17) is 4.74 Å². The third kappa shape index (κ3) is 2.96. The smallest absolute Gasteiger partial charge is 0.265 e. The number of rotatable bonds is 3. The predicted octanol–water partition coefficient (Wildman–Crippen LogP) is 0.906. The molecule has 1 aromatic carbocycles. The van der Waals surface area contributed by atoms with Gasteiger partial charge < -0.3 is 20.3 Å². The minimum Gasteiger partial charge on any atom is -0.479 e. The Morgan fingerprint density at radius 2 is 2.21 bits per heavy atom. The van der Waals surface area contributed by atoms with E-state index < -0.39 is 6.10 Å². The van der Waals surface area contributed by atoms with Gasteiger partial charge in [-0.25, -0.2) is 0 Å². The first-order chi connectivity index (χ1) is 8.97. The number of anilines is 2. The van der Waals surface area contributed by atoms with E-state index in [0.717, 1.165) is 5.69 Å². The average molecular weight is 263 g/mol. The number of amides is 2. The van der Waals surface area contributed by atoms with Gasteiger partial charge in [0, 0.05) is 19.8 Å². The number of fused-ring (bicyclic) bond motifs is 1. The summed E-state index contributed by atoms with van der Waals surface area (Å²) in [5, 5.41) is 5.77. The van der Waals surface area contributed by atoms with Crippen LogP contribution in [-0.2, 0) is 9.59 Å². The molecule has 1 heterocycles. The molecule has 0 aliphatic carbocycles. The third-order valence-electron chi connectivity index (χ3n) is 2.85. The fourth-order valence-corrected chi connectivity index (χ4v) is 1.65. The van der Waals surface area contributed by atoms with E-state index in [0.29, 0.717) is 11.4 Å². The highest BCUT2D eigenvalue weighted by atomic mass is 16.5. The molecular formula is C13H17N3O3. The summed E-state index contributed by atoms with van der Waals surface area (Å²) >= 11 is 0. The van der Waals surface area contributed by atoms with Crippen molar-refractivity contribution >= 4 is 23.2 Å². The maximum absolute atomic E-state index is 11.5. The highest BCUT2D eigenvalue weighted by molar-refractivity contribution is 5.98. The van der Waals surface area contributed by atoms with Crippen LogP contribution in [0.2, 0.25) is 0 Å². The van der Waals surface area contributed by atoms with E-state index in [2.05, 4.69) is 10.6 Å². The minimum atomic E-state index is -0.485. The van der Waals surface area contributed by atoms with Gasteiger partial charge in [-0.15, -0.1) is 0 Å². The number of nitrogens with zero attached hydrogens (tertiary/aromatic N) is 1. The zero-order valence-corrected chi connectivity index (χ0v) is 11.2. The monoisotopic (exact) mass is 263 g/mol. The van der Waals surface area contributed by atoms with Gasteiger partial charge in [0.2, 0.25) is 5.91 Å². The molecule has 1 aromatic rings. The van der Waals surface area contributed by atoms with Gasteiger partial charge in [-0.3, -0.25) is 9.59 Å². The van der Waals surface area contributed by atoms with Crippen molar-refractivity contribution in [2.45, 2.75) is 13.0 Å². The topological polar surface area (TPSA) is 70.7 Å². The van der Waals surface area contributed by atoms with Crippen LogP contribution in [0.1, 0.15) is 6.92 Å². The highest BCUT2D eigenvalue weighted by Crippen LogP contribution is 2.31. The molecule has 1 aliphatic rings. The lowest BCUT2D eigenvalue weighted by molar-refractivity contribution is -0.126. The second-order valence-corrected chi connectivity index (χ2v) is 4.60. The van der Waals surface area contributed by atoms with Gasteiger partial charge in [-0.05, 0) is 25.1 Å². The van der Waals surface area contributed by atoms with Gasteiger partial charge in [-0.2, -0.15) is 0 Å². The maximum Gasteiger partial charge on any atom is 0.265 e. The first-order valence-corrected chi connectivity index (χ1v) is 6.03. The zero-order chi connectivity index (χ0) is 14.0. The number of nitrogens with one attached hydrogen (secondary N) is 2. The van der Waals surface area contributed by atoms with Crippen molar-refractivity contribution in [2.24, 2.45) is 0 Å². The number of hydrogen-bond acceptors (Lipinski definition) is 4. The fourth-order valence-electron chi connectivity index (χ4n) is 1.65. The van der Waals surface area contributed by atoms with E-state index in [1.165, 1.54) is 4.90 Å². The van der Waals surface area contributed by atoms with Crippen LogP contribution in [0.15, 0.2) is 18.2 Å². The summed E-state index contributed by atoms with van der Waals surface area (Å²) in [6.07, 6.45) is -0.485. The molecule has 0 fully saturated rings. The molecule has 6 heteroatoms. The standard InChI is InChI=1S/C13H17N3O3/c1-8-13(18)15-10-6-9(4-5-11(10)19-8)14-7-12(17)16(2)3/h4-6,8,14H,7H2,1-3H3,(H,15,18). The summed E-state index contributed by atoms with van der Waals surface area (Å²) in [6.45, 7) is 1.90. The van der Waals surface area contributed by atoms with Gasteiger partial charge in [0.15, 0.2) is 6.10 Å². The molecule has 0 saturated carbocycles. The first kappa shape index (κ1) is 13.2. The van der Waals surface area contributed by atoms with Crippen LogP contribution in [0.3, 0.4) is 0 Å². The number of carbonyl (C=O) groups excluding carboxylic acids is 2. The Labute approximate surface area is 111 Å². The zero-order valence-electron chi connectivity index (χ0n) is 11.2. The van der Waals surface area contributed by atoms with Crippen molar-refractivity contribution in [3.8, 4) is 5.75 Å². The molecule has 2 rings (SSSR count). The summed E-state index contributed by atoms with van der Waals surface area (Å²) in [5.41, 5.74) is 1.37. The Kier molecular flexibility index (Phi) is 3.59. The molecule has 1 unspecified atom stereocenters. The summed E-state index contributed by atoms with van der Waals surface area (Å²) in [4.78, 5) is 24.5. The van der Waals surface area contributed by atoms with Crippen LogP contribution in [-0.4, -0.2) is 43.5 Å². The number of carbonyl (C=O) groups is 2. The molecule has 0 aromatic heterocycles. The Hall–Kier alpha value is -2.24. The molecule has 2 N–H and O–H groups in total. The summed E-state index contributed by atoms with van der Waals surface area (Å²) in [6, 6.07) is 5.34. The second-order valence-electron chi connectivity index (χ2n) is 4.60. The number of hydrogen-bond donors (Lipinski definition) is 2. The number of benzene rings is 1. The third-order valence-corrected chi connectivity index (χ3v) is 2.85. The Bertz CT molecular complexity index is 514. The predicted molar refractivity (Wildman–Crippen MR) is 72.3 cm³/mol.